The lowest BCUT2D eigenvalue weighted by molar-refractivity contribution is 0.412. The molecule has 2 rings (SSSR count). The van der Waals surface area contributed by atoms with Crippen molar-refractivity contribution in [2.24, 2.45) is 5.10 Å². The van der Waals surface area contributed by atoms with Crippen molar-refractivity contribution in [1.29, 1.82) is 0 Å². The Morgan fingerprint density at radius 1 is 1.58 bits per heavy atom. The maximum absolute atomic E-state index is 11.5. The number of ether oxygens (including phenoxy) is 1. The molecule has 0 fully saturated rings. The molecule has 0 atom stereocenters. The molecule has 0 aliphatic heterocycles. The Morgan fingerprint density at radius 2 is 2.37 bits per heavy atom. The van der Waals surface area contributed by atoms with Crippen LogP contribution >= 0.6 is 28.1 Å². The van der Waals surface area contributed by atoms with Crippen molar-refractivity contribution >= 4 is 34.4 Å². The molecule has 6 nitrogen and oxygen atoms in total. The van der Waals surface area contributed by atoms with Crippen molar-refractivity contribution in [3.8, 4) is 5.75 Å². The number of hydrogen-bond acceptors (Lipinski definition) is 5. The first kappa shape index (κ1) is 13.6. The highest BCUT2D eigenvalue weighted by atomic mass is 79.9. The molecule has 1 aromatic carbocycles. The van der Waals surface area contributed by atoms with E-state index in [1.807, 2.05) is 12.1 Å². The predicted molar refractivity (Wildman–Crippen MR) is 77.4 cm³/mol. The van der Waals surface area contributed by atoms with Gasteiger partial charge in [0.1, 0.15) is 11.9 Å². The second kappa shape index (κ2) is 5.89. The van der Waals surface area contributed by atoms with E-state index in [-0.39, 0.29) is 4.77 Å². The summed E-state index contributed by atoms with van der Waals surface area (Å²) in [6, 6.07) is 5.43. The van der Waals surface area contributed by atoms with E-state index >= 15 is 0 Å². The fourth-order valence-electron chi connectivity index (χ4n) is 1.34. The molecule has 0 unspecified atom stereocenters. The van der Waals surface area contributed by atoms with Gasteiger partial charge in [-0.2, -0.15) is 14.9 Å². The van der Waals surface area contributed by atoms with E-state index < -0.39 is 5.56 Å². The highest BCUT2D eigenvalue weighted by Gasteiger charge is 2.00. The molecular weight excluding hydrogens is 332 g/mol. The smallest absolute Gasteiger partial charge is 0.293 e. The molecule has 0 aliphatic carbocycles. The quantitative estimate of drug-likeness (QED) is 0.684. The van der Waals surface area contributed by atoms with Crippen molar-refractivity contribution in [1.82, 2.24) is 14.9 Å². The lowest BCUT2D eigenvalue weighted by Gasteiger charge is -2.03. The van der Waals surface area contributed by atoms with Crippen LogP contribution in [0.5, 0.6) is 5.75 Å². The van der Waals surface area contributed by atoms with Crippen molar-refractivity contribution in [2.75, 3.05) is 7.11 Å². The Hall–Kier alpha value is -1.80. The first-order valence-electron chi connectivity index (χ1n) is 5.16. The second-order valence-corrected chi connectivity index (χ2v) is 4.70. The van der Waals surface area contributed by atoms with Crippen LogP contribution < -0.4 is 10.3 Å². The SMILES string of the molecule is COc1ccc(/C=N/n2c(=O)cn[nH]c2=S)cc1Br. The number of hydrogen-bond donors (Lipinski definition) is 1. The molecule has 0 bridgehead atoms. The average Bonchev–Trinajstić information content (AvgIpc) is 2.38. The van der Waals surface area contributed by atoms with Crippen LogP contribution in [-0.4, -0.2) is 28.2 Å². The lowest BCUT2D eigenvalue weighted by atomic mass is 10.2. The number of halogens is 1. The number of aromatic amines is 1. The van der Waals surface area contributed by atoms with E-state index in [4.69, 9.17) is 17.0 Å². The summed E-state index contributed by atoms with van der Waals surface area (Å²) in [5, 5.41) is 10.1. The van der Waals surface area contributed by atoms with Crippen LogP contribution in [0.1, 0.15) is 5.56 Å². The molecule has 98 valence electrons. The minimum absolute atomic E-state index is 0.135. The molecule has 0 amide bonds. The molecular formula is C11H9BrN4O2S. The van der Waals surface area contributed by atoms with Gasteiger partial charge in [0.15, 0.2) is 0 Å². The molecule has 0 saturated heterocycles. The van der Waals surface area contributed by atoms with Gasteiger partial charge in [-0.3, -0.25) is 9.89 Å². The fraction of sp³-hybridized carbons (Fsp3) is 0.0909. The van der Waals surface area contributed by atoms with Crippen LogP contribution in [0.4, 0.5) is 0 Å². The summed E-state index contributed by atoms with van der Waals surface area (Å²) in [7, 11) is 1.59. The van der Waals surface area contributed by atoms with E-state index in [1.165, 1.54) is 6.21 Å². The first-order valence-corrected chi connectivity index (χ1v) is 6.36. The highest BCUT2D eigenvalue weighted by molar-refractivity contribution is 9.10. The van der Waals surface area contributed by atoms with Gasteiger partial charge in [-0.25, -0.2) is 0 Å². The van der Waals surface area contributed by atoms with E-state index in [1.54, 1.807) is 13.2 Å². The Labute approximate surface area is 121 Å². The summed E-state index contributed by atoms with van der Waals surface area (Å²) in [5.41, 5.74) is 0.401. The van der Waals surface area contributed by atoms with Gasteiger partial charge in [-0.1, -0.05) is 0 Å². The fourth-order valence-corrected chi connectivity index (χ4v) is 2.09. The normalized spacial score (nSPS) is 10.8. The van der Waals surface area contributed by atoms with E-state index in [2.05, 4.69) is 31.2 Å². The number of nitrogens with zero attached hydrogens (tertiary/aromatic N) is 3. The van der Waals surface area contributed by atoms with Gasteiger partial charge in [-0.05, 0) is 51.9 Å². The van der Waals surface area contributed by atoms with Gasteiger partial charge in [0, 0.05) is 0 Å². The average molecular weight is 341 g/mol. The molecule has 19 heavy (non-hydrogen) atoms. The zero-order valence-electron chi connectivity index (χ0n) is 9.83. The molecule has 2 aromatic rings. The van der Waals surface area contributed by atoms with Crippen LogP contribution in [0.3, 0.4) is 0 Å². The predicted octanol–water partition coefficient (Wildman–Crippen LogP) is 1.95. The summed E-state index contributed by atoms with van der Waals surface area (Å²) in [5.74, 6) is 0.718. The number of aromatic nitrogens is 3. The largest absolute Gasteiger partial charge is 0.496 e. The van der Waals surface area contributed by atoms with Crippen molar-refractivity contribution < 1.29 is 4.74 Å². The van der Waals surface area contributed by atoms with Gasteiger partial charge in [0.25, 0.3) is 5.56 Å². The van der Waals surface area contributed by atoms with E-state index in [9.17, 15) is 4.79 Å². The Morgan fingerprint density at radius 3 is 3.00 bits per heavy atom. The first-order chi connectivity index (χ1) is 9.11. The second-order valence-electron chi connectivity index (χ2n) is 3.46. The molecule has 8 heteroatoms. The Bertz CT molecular complexity index is 710. The van der Waals surface area contributed by atoms with Crippen molar-refractivity contribution in [3.05, 3.63) is 49.6 Å². The van der Waals surface area contributed by atoms with Crippen LogP contribution in [0.25, 0.3) is 0 Å². The molecule has 1 heterocycles. The van der Waals surface area contributed by atoms with Crippen LogP contribution in [0, 0.1) is 4.77 Å². The van der Waals surface area contributed by atoms with Gasteiger partial charge in [0.2, 0.25) is 4.77 Å². The number of methoxy groups -OCH3 is 1. The summed E-state index contributed by atoms with van der Waals surface area (Å²) in [6.07, 6.45) is 2.63. The summed E-state index contributed by atoms with van der Waals surface area (Å²) in [4.78, 5) is 11.5. The Kier molecular flexibility index (Phi) is 4.23. The highest BCUT2D eigenvalue weighted by Crippen LogP contribution is 2.24. The number of rotatable bonds is 3. The standard InChI is InChI=1S/C11H9BrN4O2S/c1-18-9-3-2-7(4-8(9)12)5-14-16-10(17)6-13-15-11(16)19/h2-6H,1H3,(H,15,19)/b14-5+. The number of benzene rings is 1. The summed E-state index contributed by atoms with van der Waals surface area (Å²) < 4.78 is 7.11. The zero-order chi connectivity index (χ0) is 13.8. The lowest BCUT2D eigenvalue weighted by Crippen LogP contribution is -2.18. The van der Waals surface area contributed by atoms with Crippen LogP contribution in [0.2, 0.25) is 0 Å². The minimum Gasteiger partial charge on any atom is -0.496 e. The molecule has 0 aliphatic rings. The van der Waals surface area contributed by atoms with Gasteiger partial charge in [-0.15, -0.1) is 0 Å². The molecule has 0 saturated carbocycles. The monoisotopic (exact) mass is 340 g/mol. The maximum atomic E-state index is 11.5. The maximum Gasteiger partial charge on any atom is 0.293 e. The molecule has 1 N–H and O–H groups in total. The van der Waals surface area contributed by atoms with Crippen LogP contribution in [0.15, 0.2) is 38.8 Å². The van der Waals surface area contributed by atoms with Gasteiger partial charge < -0.3 is 4.74 Å². The third-order valence-electron chi connectivity index (χ3n) is 2.23. The van der Waals surface area contributed by atoms with Gasteiger partial charge >= 0.3 is 0 Å². The topological polar surface area (TPSA) is 72.3 Å². The summed E-state index contributed by atoms with van der Waals surface area (Å²) >= 11 is 8.29. The van der Waals surface area contributed by atoms with Crippen molar-refractivity contribution in [3.63, 3.8) is 0 Å². The third-order valence-corrected chi connectivity index (χ3v) is 3.12. The third kappa shape index (κ3) is 3.15. The van der Waals surface area contributed by atoms with E-state index in [0.717, 1.165) is 26.7 Å². The van der Waals surface area contributed by atoms with Crippen LogP contribution in [-0.2, 0) is 0 Å². The van der Waals surface area contributed by atoms with E-state index in [0.29, 0.717) is 0 Å². The molecule has 1 aromatic heterocycles. The van der Waals surface area contributed by atoms with Gasteiger partial charge in [0.05, 0.1) is 17.8 Å². The zero-order valence-corrected chi connectivity index (χ0v) is 12.2. The molecule has 0 spiro atoms. The molecule has 0 radical (unpaired) electrons. The van der Waals surface area contributed by atoms with Crippen molar-refractivity contribution in [2.45, 2.75) is 0 Å². The minimum atomic E-state index is -0.396. The number of nitrogens with one attached hydrogen (secondary N) is 1. The number of H-pyrrole nitrogens is 1. The Balaban J connectivity index is 2.36. The summed E-state index contributed by atoms with van der Waals surface area (Å²) in [6.45, 7) is 0.